The standard InChI is InChI=1S/C31H32BF3N6O3.C2H6/c1-19(2)41(14-28(34)35)30(42)22-9-20(33)3-4-25(22)44-27-13-37-18-39-29(27)40-15-31(16-40)10-21(11-31)43-26-6-8-38-24-5-7-32(17-36)12-23(24)26;1-2/h3-4,6,8-9,13,18-19,21,28H,5,7,10-12,14-16H2,1-2H3;1-2H3. The average Bonchev–Trinajstić information content (AvgIpc) is 3.02. The van der Waals surface area contributed by atoms with Crippen LogP contribution in [0, 0.1) is 22.5 Å². The molecule has 0 bridgehead atoms. The number of halogens is 3. The van der Waals surface area contributed by atoms with Crippen LogP contribution in [-0.2, 0) is 12.7 Å². The second-order valence-corrected chi connectivity index (χ2v) is 12.2. The first-order valence-corrected chi connectivity index (χ1v) is 15.8. The maximum absolute atomic E-state index is 14.2. The van der Waals surface area contributed by atoms with Crippen LogP contribution >= 0.6 is 0 Å². The fourth-order valence-electron chi connectivity index (χ4n) is 6.50. The summed E-state index contributed by atoms with van der Waals surface area (Å²) in [6, 6.07) is 4.81. The van der Waals surface area contributed by atoms with Crippen molar-refractivity contribution >= 4 is 18.4 Å². The van der Waals surface area contributed by atoms with Crippen LogP contribution in [0.2, 0.25) is 6.32 Å². The van der Waals surface area contributed by atoms with E-state index in [1.54, 1.807) is 20.0 Å². The van der Waals surface area contributed by atoms with Gasteiger partial charge in [0.05, 0.1) is 18.3 Å². The van der Waals surface area contributed by atoms with Gasteiger partial charge in [0, 0.05) is 48.0 Å². The van der Waals surface area contributed by atoms with E-state index in [9.17, 15) is 23.2 Å². The lowest BCUT2D eigenvalue weighted by Gasteiger charge is -2.59. The summed E-state index contributed by atoms with van der Waals surface area (Å²) in [5.41, 5.74) is 1.98. The smallest absolute Gasteiger partial charge is 0.272 e. The van der Waals surface area contributed by atoms with Gasteiger partial charge in [-0.15, -0.1) is 0 Å². The van der Waals surface area contributed by atoms with E-state index in [1.807, 2.05) is 19.9 Å². The zero-order valence-corrected chi connectivity index (χ0v) is 26.5. The number of aryl methyl sites for hydroxylation is 1. The average molecular weight is 635 g/mol. The number of pyridine rings is 1. The molecule has 6 rings (SSSR count). The number of alkyl halides is 2. The third kappa shape index (κ3) is 6.91. The Morgan fingerprint density at radius 2 is 1.93 bits per heavy atom. The van der Waals surface area contributed by atoms with Crippen molar-refractivity contribution in [2.75, 3.05) is 24.5 Å². The van der Waals surface area contributed by atoms with Gasteiger partial charge in [-0.3, -0.25) is 9.78 Å². The molecule has 2 aromatic heterocycles. The molecule has 0 unspecified atom stereocenters. The van der Waals surface area contributed by atoms with Crippen LogP contribution in [-0.4, -0.2) is 70.7 Å². The molecule has 13 heteroatoms. The molecule has 9 nitrogen and oxygen atoms in total. The van der Waals surface area contributed by atoms with Gasteiger partial charge in [0.15, 0.2) is 11.6 Å². The molecule has 1 aliphatic carbocycles. The van der Waals surface area contributed by atoms with Crippen molar-refractivity contribution < 1.29 is 27.4 Å². The van der Waals surface area contributed by atoms with Gasteiger partial charge >= 0.3 is 0 Å². The molecular formula is C33H38BF3N6O3. The van der Waals surface area contributed by atoms with Gasteiger partial charge in [0.25, 0.3) is 19.0 Å². The lowest BCUT2D eigenvalue weighted by molar-refractivity contribution is -0.0348. The molecule has 0 radical (unpaired) electrons. The van der Waals surface area contributed by atoms with Crippen LogP contribution < -0.4 is 14.4 Å². The number of ether oxygens (including phenoxy) is 2. The fraction of sp³-hybridized carbons (Fsp3) is 0.485. The maximum atomic E-state index is 14.2. The Morgan fingerprint density at radius 3 is 2.63 bits per heavy atom. The highest BCUT2D eigenvalue weighted by Crippen LogP contribution is 2.52. The predicted octanol–water partition coefficient (Wildman–Crippen LogP) is 6.19. The summed E-state index contributed by atoms with van der Waals surface area (Å²) in [6.45, 7) is 7.88. The highest BCUT2D eigenvalue weighted by Gasteiger charge is 2.54. The summed E-state index contributed by atoms with van der Waals surface area (Å²) in [6.07, 6.45) is 5.99. The molecule has 0 atom stereocenters. The number of hydrogen-bond acceptors (Lipinski definition) is 8. The largest absolute Gasteiger partial charge is 0.490 e. The monoisotopic (exact) mass is 634 g/mol. The van der Waals surface area contributed by atoms with E-state index in [-0.39, 0.29) is 35.3 Å². The molecule has 2 aliphatic heterocycles. The van der Waals surface area contributed by atoms with Crippen molar-refractivity contribution in [3.05, 3.63) is 65.6 Å². The van der Waals surface area contributed by atoms with Crippen molar-refractivity contribution in [3.8, 4) is 23.2 Å². The van der Waals surface area contributed by atoms with E-state index in [0.29, 0.717) is 12.1 Å². The molecule has 46 heavy (non-hydrogen) atoms. The van der Waals surface area contributed by atoms with Crippen LogP contribution in [0.4, 0.5) is 19.0 Å². The summed E-state index contributed by atoms with van der Waals surface area (Å²) in [5.74, 6) is 2.59. The Morgan fingerprint density at radius 1 is 1.17 bits per heavy atom. The second-order valence-electron chi connectivity index (χ2n) is 12.2. The molecule has 1 spiro atoms. The van der Waals surface area contributed by atoms with Crippen molar-refractivity contribution in [3.63, 3.8) is 0 Å². The lowest BCUT2D eigenvalue weighted by atomic mass is 9.42. The summed E-state index contributed by atoms with van der Waals surface area (Å²) >= 11 is 0. The van der Waals surface area contributed by atoms with E-state index in [4.69, 9.17) is 9.47 Å². The van der Waals surface area contributed by atoms with Crippen LogP contribution in [0.1, 0.15) is 62.2 Å². The molecule has 2 fully saturated rings. The van der Waals surface area contributed by atoms with E-state index >= 15 is 0 Å². The number of rotatable bonds is 9. The second kappa shape index (κ2) is 14.0. The van der Waals surface area contributed by atoms with E-state index in [1.165, 1.54) is 18.6 Å². The van der Waals surface area contributed by atoms with Gasteiger partial charge in [0.2, 0.25) is 0 Å². The molecule has 3 aliphatic rings. The Balaban J connectivity index is 0.00000204. The quantitative estimate of drug-likeness (QED) is 0.257. The molecule has 1 saturated carbocycles. The van der Waals surface area contributed by atoms with Gasteiger partial charge in [-0.25, -0.2) is 28.4 Å². The van der Waals surface area contributed by atoms with Crippen molar-refractivity contribution in [2.45, 2.75) is 78.2 Å². The normalized spacial score (nSPS) is 16.5. The topological polar surface area (TPSA) is 104 Å². The Bertz CT molecular complexity index is 1590. The number of carbonyl (C=O) groups is 1. The summed E-state index contributed by atoms with van der Waals surface area (Å²) in [7, 11) is 0. The van der Waals surface area contributed by atoms with E-state index in [2.05, 4.69) is 25.8 Å². The number of carbonyl (C=O) groups excluding carboxylic acids is 1. The van der Waals surface area contributed by atoms with Gasteiger partial charge in [-0.2, -0.15) is 0 Å². The Labute approximate surface area is 267 Å². The van der Waals surface area contributed by atoms with Crippen LogP contribution in [0.5, 0.6) is 17.2 Å². The first kappa shape index (κ1) is 33.0. The first-order chi connectivity index (χ1) is 22.1. The minimum Gasteiger partial charge on any atom is -0.490 e. The van der Waals surface area contributed by atoms with Crippen molar-refractivity contribution in [1.29, 1.82) is 5.26 Å². The van der Waals surface area contributed by atoms with Crippen LogP contribution in [0.15, 0.2) is 43.0 Å². The SMILES string of the molecule is CC.CC(C)N(CC(F)F)C(=O)c1cc(F)ccc1Oc1cncnc1N1CC2(CC(Oc3ccnc4c3CB(C#N)CC4)C2)C1. The molecule has 3 aromatic rings. The third-order valence-corrected chi connectivity index (χ3v) is 8.70. The molecular weight excluding hydrogens is 596 g/mol. The highest BCUT2D eigenvalue weighted by molar-refractivity contribution is 6.66. The number of nitrogens with zero attached hydrogens (tertiary/aromatic N) is 6. The maximum Gasteiger partial charge on any atom is 0.272 e. The number of amides is 1. The van der Waals surface area contributed by atoms with E-state index in [0.717, 1.165) is 72.7 Å². The van der Waals surface area contributed by atoms with Crippen LogP contribution in [0.3, 0.4) is 0 Å². The minimum atomic E-state index is -2.74. The molecule has 1 amide bonds. The Kier molecular flexibility index (Phi) is 10.0. The lowest BCUT2D eigenvalue weighted by Crippen LogP contribution is -2.65. The number of benzene rings is 1. The fourth-order valence-corrected chi connectivity index (χ4v) is 6.50. The van der Waals surface area contributed by atoms with Gasteiger partial charge < -0.3 is 19.3 Å². The van der Waals surface area contributed by atoms with Gasteiger partial charge in [-0.1, -0.05) is 20.2 Å². The third-order valence-electron chi connectivity index (χ3n) is 8.70. The zero-order valence-electron chi connectivity index (χ0n) is 26.5. The molecule has 0 N–H and O–H groups in total. The molecule has 1 saturated heterocycles. The highest BCUT2D eigenvalue weighted by atomic mass is 19.3. The van der Waals surface area contributed by atoms with E-state index < -0.39 is 30.7 Å². The molecule has 1 aromatic carbocycles. The zero-order chi connectivity index (χ0) is 33.0. The summed E-state index contributed by atoms with van der Waals surface area (Å²) < 4.78 is 53.1. The molecule has 4 heterocycles. The van der Waals surface area contributed by atoms with Crippen molar-refractivity contribution in [2.24, 2.45) is 5.41 Å². The predicted molar refractivity (Wildman–Crippen MR) is 168 cm³/mol. The number of anilines is 1. The summed E-state index contributed by atoms with van der Waals surface area (Å²) in [5, 5.41) is 9.40. The number of hydrogen-bond donors (Lipinski definition) is 0. The molecule has 242 valence electrons. The number of nitriles is 1. The van der Waals surface area contributed by atoms with Crippen molar-refractivity contribution in [1.82, 2.24) is 19.9 Å². The number of aromatic nitrogens is 3. The first-order valence-electron chi connectivity index (χ1n) is 15.8. The summed E-state index contributed by atoms with van der Waals surface area (Å²) in [4.78, 5) is 29.3. The van der Waals surface area contributed by atoms with Gasteiger partial charge in [0.1, 0.15) is 29.7 Å². The minimum absolute atomic E-state index is 0.0119. The number of fused-ring (bicyclic) bond motifs is 1. The van der Waals surface area contributed by atoms with Gasteiger partial charge in [-0.05, 0) is 63.7 Å². The van der Waals surface area contributed by atoms with Crippen LogP contribution in [0.25, 0.3) is 0 Å². The Hall–Kier alpha value is -4.34.